The zero-order valence-corrected chi connectivity index (χ0v) is 8.53. The molecule has 1 aliphatic rings. The Hall–Kier alpha value is -0.260. The van der Waals surface area contributed by atoms with E-state index in [-0.39, 0.29) is 0 Å². The zero-order valence-electron chi connectivity index (χ0n) is 8.53. The smallest absolute Gasteiger partial charge is 0.0474 e. The molecule has 0 unspecified atom stereocenters. The lowest BCUT2D eigenvalue weighted by molar-refractivity contribution is 0.504. The molecule has 0 aromatic rings. The highest BCUT2D eigenvalue weighted by molar-refractivity contribution is 4.50. The topological polar surface area (TPSA) is 0 Å². The summed E-state index contributed by atoms with van der Waals surface area (Å²) < 4.78 is 0. The van der Waals surface area contributed by atoms with Gasteiger partial charge < -0.3 is 0 Å². The van der Waals surface area contributed by atoms with Gasteiger partial charge in [-0.15, -0.1) is 13.2 Å². The first kappa shape index (κ1) is 13.3. The lowest BCUT2D eigenvalue weighted by atomic mass is 10.0. The van der Waals surface area contributed by atoms with Gasteiger partial charge in [-0.1, -0.05) is 52.9 Å². The molecular weight excluding hydrogens is 132 g/mol. The average Bonchev–Trinajstić information content (AvgIpc) is 1.89. The van der Waals surface area contributed by atoms with Crippen molar-refractivity contribution in [1.29, 1.82) is 0 Å². The first-order valence-electron chi connectivity index (χ1n) is 4.77. The van der Waals surface area contributed by atoms with Crippen molar-refractivity contribution in [1.82, 2.24) is 0 Å². The second kappa shape index (κ2) is 12.4. The van der Waals surface area contributed by atoms with Crippen LogP contribution in [0.3, 0.4) is 0 Å². The van der Waals surface area contributed by atoms with Gasteiger partial charge in [0.25, 0.3) is 0 Å². The SMILES string of the molecule is C1CCC1.C=C.CCC(C)C. The minimum atomic E-state index is 0.884. The van der Waals surface area contributed by atoms with Crippen molar-refractivity contribution in [3.63, 3.8) is 0 Å². The van der Waals surface area contributed by atoms with E-state index in [9.17, 15) is 0 Å². The maximum Gasteiger partial charge on any atom is -0.0474 e. The molecule has 68 valence electrons. The highest BCUT2D eigenvalue weighted by Gasteiger charge is 1.95. The van der Waals surface area contributed by atoms with E-state index >= 15 is 0 Å². The van der Waals surface area contributed by atoms with E-state index in [1.54, 1.807) is 0 Å². The average molecular weight is 156 g/mol. The van der Waals surface area contributed by atoms with Gasteiger partial charge in [-0.3, -0.25) is 0 Å². The van der Waals surface area contributed by atoms with Crippen LogP contribution in [0.2, 0.25) is 0 Å². The minimum Gasteiger partial charge on any atom is -0.106 e. The van der Waals surface area contributed by atoms with Crippen LogP contribution in [0.5, 0.6) is 0 Å². The van der Waals surface area contributed by atoms with Crippen LogP contribution < -0.4 is 0 Å². The van der Waals surface area contributed by atoms with Crippen molar-refractivity contribution < 1.29 is 0 Å². The van der Waals surface area contributed by atoms with Gasteiger partial charge in [0.05, 0.1) is 0 Å². The summed E-state index contributed by atoms with van der Waals surface area (Å²) >= 11 is 0. The quantitative estimate of drug-likeness (QED) is 0.493. The van der Waals surface area contributed by atoms with Crippen LogP contribution in [0.15, 0.2) is 13.2 Å². The van der Waals surface area contributed by atoms with Crippen molar-refractivity contribution >= 4 is 0 Å². The summed E-state index contributed by atoms with van der Waals surface area (Å²) in [6.07, 6.45) is 7.31. The predicted octanol–water partition coefficient (Wildman–Crippen LogP) is 4.42. The van der Waals surface area contributed by atoms with Crippen LogP contribution in [0.25, 0.3) is 0 Å². The Balaban J connectivity index is 0. The molecule has 0 bridgehead atoms. The van der Waals surface area contributed by atoms with Crippen LogP contribution >= 0.6 is 0 Å². The predicted molar refractivity (Wildman–Crippen MR) is 54.9 cm³/mol. The Labute approximate surface area is 72.7 Å². The van der Waals surface area contributed by atoms with Gasteiger partial charge in [-0.05, 0) is 5.92 Å². The first-order valence-corrected chi connectivity index (χ1v) is 4.77. The highest BCUT2D eigenvalue weighted by Crippen LogP contribution is 2.15. The van der Waals surface area contributed by atoms with E-state index in [1.807, 2.05) is 0 Å². The standard InChI is InChI=1S/C5H12.C4H8.C2H4/c1-4-5(2)3;1-2-4-3-1;1-2/h5H,4H2,1-3H3;1-4H2;1-2H2. The summed E-state index contributed by atoms with van der Waals surface area (Å²) in [4.78, 5) is 0. The Morgan fingerprint density at radius 2 is 1.18 bits per heavy atom. The molecule has 1 fully saturated rings. The fourth-order valence-corrected chi connectivity index (χ4v) is 0.250. The Kier molecular flexibility index (Phi) is 15.1. The molecule has 1 rings (SSSR count). The van der Waals surface area contributed by atoms with E-state index in [0.717, 1.165) is 5.92 Å². The van der Waals surface area contributed by atoms with Gasteiger partial charge in [-0.25, -0.2) is 0 Å². The van der Waals surface area contributed by atoms with Gasteiger partial charge in [0.2, 0.25) is 0 Å². The lowest BCUT2D eigenvalue weighted by Gasteiger charge is -2.05. The Morgan fingerprint density at radius 1 is 1.00 bits per heavy atom. The van der Waals surface area contributed by atoms with Crippen molar-refractivity contribution in [2.24, 2.45) is 5.92 Å². The molecule has 0 spiro atoms. The van der Waals surface area contributed by atoms with Crippen molar-refractivity contribution in [3.8, 4) is 0 Å². The van der Waals surface area contributed by atoms with Gasteiger partial charge in [0.15, 0.2) is 0 Å². The second-order valence-corrected chi connectivity index (χ2v) is 3.22. The van der Waals surface area contributed by atoms with Crippen LogP contribution in [-0.4, -0.2) is 0 Å². The molecule has 0 nitrogen and oxygen atoms in total. The Morgan fingerprint density at radius 3 is 1.18 bits per heavy atom. The van der Waals surface area contributed by atoms with Gasteiger partial charge in [-0.2, -0.15) is 0 Å². The molecule has 1 saturated carbocycles. The number of rotatable bonds is 1. The van der Waals surface area contributed by atoms with Crippen LogP contribution in [-0.2, 0) is 0 Å². The molecule has 0 aliphatic heterocycles. The summed E-state index contributed by atoms with van der Waals surface area (Å²) in [5, 5.41) is 0. The fraction of sp³-hybridized carbons (Fsp3) is 0.818. The normalized spacial score (nSPS) is 13.5. The monoisotopic (exact) mass is 156 g/mol. The van der Waals surface area contributed by atoms with E-state index in [2.05, 4.69) is 33.9 Å². The molecule has 0 aromatic heterocycles. The number of hydrogen-bond donors (Lipinski definition) is 0. The van der Waals surface area contributed by atoms with Crippen molar-refractivity contribution in [2.45, 2.75) is 52.9 Å². The third kappa shape index (κ3) is 17.7. The van der Waals surface area contributed by atoms with Crippen LogP contribution in [0, 0.1) is 5.92 Å². The molecular formula is C11H24. The summed E-state index contributed by atoms with van der Waals surface area (Å²) in [6, 6.07) is 0. The Bertz CT molecular complexity index is 47.1. The summed E-state index contributed by atoms with van der Waals surface area (Å²) in [5.74, 6) is 0.884. The fourth-order valence-electron chi connectivity index (χ4n) is 0.250. The molecule has 0 radical (unpaired) electrons. The van der Waals surface area contributed by atoms with Crippen LogP contribution in [0.4, 0.5) is 0 Å². The lowest BCUT2D eigenvalue weighted by Crippen LogP contribution is -1.85. The van der Waals surface area contributed by atoms with E-state index < -0.39 is 0 Å². The molecule has 1 aliphatic carbocycles. The third-order valence-electron chi connectivity index (χ3n) is 1.82. The largest absolute Gasteiger partial charge is 0.106 e. The van der Waals surface area contributed by atoms with Gasteiger partial charge in [0.1, 0.15) is 0 Å². The summed E-state index contributed by atoms with van der Waals surface area (Å²) in [6.45, 7) is 12.6. The number of hydrogen-bond acceptors (Lipinski definition) is 0. The van der Waals surface area contributed by atoms with E-state index in [1.165, 1.54) is 32.1 Å². The minimum absolute atomic E-state index is 0.884. The van der Waals surface area contributed by atoms with Crippen LogP contribution in [0.1, 0.15) is 52.9 Å². The molecule has 0 heterocycles. The van der Waals surface area contributed by atoms with Crippen molar-refractivity contribution in [3.05, 3.63) is 13.2 Å². The second-order valence-electron chi connectivity index (χ2n) is 3.22. The molecule has 0 N–H and O–H groups in total. The highest BCUT2D eigenvalue weighted by atomic mass is 14.0. The molecule has 11 heavy (non-hydrogen) atoms. The molecule has 0 saturated heterocycles. The first-order chi connectivity index (χ1) is 5.27. The summed E-state index contributed by atoms with van der Waals surface area (Å²) in [7, 11) is 0. The van der Waals surface area contributed by atoms with E-state index in [0.29, 0.717) is 0 Å². The van der Waals surface area contributed by atoms with E-state index in [4.69, 9.17) is 0 Å². The van der Waals surface area contributed by atoms with Gasteiger partial charge in [0, 0.05) is 0 Å². The molecule has 0 atom stereocenters. The molecule has 0 heteroatoms. The third-order valence-corrected chi connectivity index (χ3v) is 1.82. The molecule has 0 aromatic carbocycles. The maximum absolute atomic E-state index is 3.00. The maximum atomic E-state index is 3.00. The van der Waals surface area contributed by atoms with Gasteiger partial charge >= 0.3 is 0 Å². The summed E-state index contributed by atoms with van der Waals surface area (Å²) in [5.41, 5.74) is 0. The molecule has 0 amide bonds. The zero-order chi connectivity index (χ0) is 9.11. The van der Waals surface area contributed by atoms with Crippen molar-refractivity contribution in [2.75, 3.05) is 0 Å².